The third-order valence-electron chi connectivity index (χ3n) is 5.32. The van der Waals surface area contributed by atoms with Crippen molar-refractivity contribution in [1.82, 2.24) is 0 Å². The van der Waals surface area contributed by atoms with Gasteiger partial charge in [-0.3, -0.25) is 0 Å². The molecule has 0 amide bonds. The monoisotopic (exact) mass is 417 g/mol. The summed E-state index contributed by atoms with van der Waals surface area (Å²) in [6.45, 7) is 0. The van der Waals surface area contributed by atoms with E-state index in [1.807, 2.05) is 66.7 Å². The van der Waals surface area contributed by atoms with Gasteiger partial charge in [0.2, 0.25) is 0 Å². The van der Waals surface area contributed by atoms with E-state index < -0.39 is 6.10 Å². The van der Waals surface area contributed by atoms with Gasteiger partial charge in [-0.15, -0.1) is 0 Å². The number of nitrogens with one attached hydrogen (secondary N) is 1. The molecule has 0 bridgehead atoms. The topological polar surface area (TPSA) is 41.5 Å². The predicted molar refractivity (Wildman–Crippen MR) is 124 cm³/mol. The number of aliphatic hydroxyl groups excluding tert-OH is 1. The summed E-state index contributed by atoms with van der Waals surface area (Å²) in [5.74, 6) is 0.805. The molecule has 2 N–H and O–H groups in total. The van der Waals surface area contributed by atoms with E-state index in [4.69, 9.17) is 16.3 Å². The largest absolute Gasteiger partial charge is 0.497 e. The van der Waals surface area contributed by atoms with Gasteiger partial charge in [0, 0.05) is 17.1 Å². The number of ether oxygens (including phenoxy) is 1. The quantitative estimate of drug-likeness (QED) is 0.348. The molecular weight excluding hydrogens is 394 g/mol. The number of aliphatic hydroxyl groups is 1. The summed E-state index contributed by atoms with van der Waals surface area (Å²) >= 11 is 6.08. The van der Waals surface area contributed by atoms with Crippen LogP contribution in [0.4, 0.5) is 5.69 Å². The lowest BCUT2D eigenvalue weighted by atomic mass is 9.95. The summed E-state index contributed by atoms with van der Waals surface area (Å²) in [7, 11) is 1.65. The predicted octanol–water partition coefficient (Wildman–Crippen LogP) is 6.78. The first-order chi connectivity index (χ1) is 14.6. The maximum Gasteiger partial charge on any atom is 0.119 e. The van der Waals surface area contributed by atoms with Crippen LogP contribution in [-0.4, -0.2) is 12.2 Å². The highest BCUT2D eigenvalue weighted by Crippen LogP contribution is 2.32. The van der Waals surface area contributed by atoms with E-state index in [1.165, 1.54) is 5.39 Å². The molecule has 4 heteroatoms. The van der Waals surface area contributed by atoms with Crippen molar-refractivity contribution in [2.75, 3.05) is 12.4 Å². The molecule has 2 atom stereocenters. The van der Waals surface area contributed by atoms with Crippen molar-refractivity contribution in [3.8, 4) is 5.75 Å². The Bertz CT molecular complexity index is 1110. The number of hydrogen-bond donors (Lipinski definition) is 2. The van der Waals surface area contributed by atoms with Gasteiger partial charge in [0.1, 0.15) is 5.75 Å². The molecule has 0 saturated heterocycles. The van der Waals surface area contributed by atoms with Crippen LogP contribution >= 0.6 is 11.6 Å². The zero-order valence-corrected chi connectivity index (χ0v) is 17.5. The molecule has 30 heavy (non-hydrogen) atoms. The van der Waals surface area contributed by atoms with Crippen LogP contribution in [0, 0.1) is 0 Å². The highest BCUT2D eigenvalue weighted by atomic mass is 35.5. The standard InChI is InChI=1S/C26H24ClNO2/c1-30-24-14-12-23(13-15-24)28-25(19-8-10-22(27)11-9-19)17-26(29)21-7-6-18-4-2-3-5-20(18)16-21/h2-16,25-26,28-29H,17H2,1H3. The molecule has 3 nitrogen and oxygen atoms in total. The summed E-state index contributed by atoms with van der Waals surface area (Å²) < 4.78 is 5.25. The first-order valence-corrected chi connectivity index (χ1v) is 10.3. The van der Waals surface area contributed by atoms with E-state index in [2.05, 4.69) is 29.6 Å². The van der Waals surface area contributed by atoms with Gasteiger partial charge in [0.05, 0.1) is 19.3 Å². The van der Waals surface area contributed by atoms with Crippen molar-refractivity contribution in [2.24, 2.45) is 0 Å². The van der Waals surface area contributed by atoms with Gasteiger partial charge in [-0.05, 0) is 64.4 Å². The molecule has 0 heterocycles. The van der Waals surface area contributed by atoms with E-state index in [0.717, 1.165) is 28.0 Å². The minimum atomic E-state index is -0.610. The van der Waals surface area contributed by atoms with Crippen molar-refractivity contribution >= 4 is 28.1 Å². The summed E-state index contributed by atoms with van der Waals surface area (Å²) in [4.78, 5) is 0. The molecule has 0 aromatic heterocycles. The number of benzene rings is 4. The van der Waals surface area contributed by atoms with Crippen LogP contribution in [0.25, 0.3) is 10.8 Å². The van der Waals surface area contributed by atoms with Gasteiger partial charge < -0.3 is 15.2 Å². The van der Waals surface area contributed by atoms with Gasteiger partial charge in [0.15, 0.2) is 0 Å². The van der Waals surface area contributed by atoms with E-state index in [9.17, 15) is 5.11 Å². The molecule has 2 unspecified atom stereocenters. The second kappa shape index (κ2) is 9.21. The number of rotatable bonds is 7. The van der Waals surface area contributed by atoms with Gasteiger partial charge in [-0.1, -0.05) is 60.1 Å². The third kappa shape index (κ3) is 4.76. The summed E-state index contributed by atoms with van der Waals surface area (Å²) in [6, 6.07) is 29.7. The smallest absolute Gasteiger partial charge is 0.119 e. The lowest BCUT2D eigenvalue weighted by molar-refractivity contribution is 0.161. The average Bonchev–Trinajstić information content (AvgIpc) is 2.79. The van der Waals surface area contributed by atoms with Crippen molar-refractivity contribution in [2.45, 2.75) is 18.6 Å². The van der Waals surface area contributed by atoms with Crippen LogP contribution in [0.2, 0.25) is 5.02 Å². The Balaban J connectivity index is 1.59. The summed E-state index contributed by atoms with van der Waals surface area (Å²) in [5.41, 5.74) is 2.93. The minimum Gasteiger partial charge on any atom is -0.497 e. The van der Waals surface area contributed by atoms with Crippen molar-refractivity contribution in [3.63, 3.8) is 0 Å². The molecule has 4 rings (SSSR count). The van der Waals surface area contributed by atoms with E-state index >= 15 is 0 Å². The molecule has 0 aliphatic heterocycles. The molecule has 0 spiro atoms. The Kier molecular flexibility index (Phi) is 6.22. The van der Waals surface area contributed by atoms with E-state index in [0.29, 0.717) is 11.4 Å². The fraction of sp³-hybridized carbons (Fsp3) is 0.154. The van der Waals surface area contributed by atoms with Crippen LogP contribution in [0.1, 0.15) is 29.7 Å². The van der Waals surface area contributed by atoms with Crippen LogP contribution in [0.5, 0.6) is 5.75 Å². The number of anilines is 1. The molecule has 152 valence electrons. The average molecular weight is 418 g/mol. The normalized spacial score (nSPS) is 13.0. The van der Waals surface area contributed by atoms with Crippen molar-refractivity contribution in [3.05, 3.63) is 107 Å². The molecular formula is C26H24ClNO2. The number of halogens is 1. The molecule has 0 aliphatic carbocycles. The lowest BCUT2D eigenvalue weighted by Gasteiger charge is -2.24. The first kappa shape index (κ1) is 20.3. The van der Waals surface area contributed by atoms with Gasteiger partial charge in [-0.2, -0.15) is 0 Å². The molecule has 4 aromatic rings. The second-order valence-electron chi connectivity index (χ2n) is 7.34. The van der Waals surface area contributed by atoms with Crippen molar-refractivity contribution in [1.29, 1.82) is 0 Å². The van der Waals surface area contributed by atoms with Crippen LogP contribution < -0.4 is 10.1 Å². The Morgan fingerprint density at radius 1 is 0.833 bits per heavy atom. The molecule has 4 aromatic carbocycles. The van der Waals surface area contributed by atoms with Crippen LogP contribution in [0.15, 0.2) is 91.0 Å². The van der Waals surface area contributed by atoms with Crippen molar-refractivity contribution < 1.29 is 9.84 Å². The lowest BCUT2D eigenvalue weighted by Crippen LogP contribution is -2.15. The molecule has 0 fully saturated rings. The number of fused-ring (bicyclic) bond motifs is 1. The third-order valence-corrected chi connectivity index (χ3v) is 5.57. The summed E-state index contributed by atoms with van der Waals surface area (Å²) in [5, 5.41) is 17.6. The van der Waals surface area contributed by atoms with E-state index in [1.54, 1.807) is 7.11 Å². The first-order valence-electron chi connectivity index (χ1n) is 9.95. The van der Waals surface area contributed by atoms with Gasteiger partial charge >= 0.3 is 0 Å². The Morgan fingerprint density at radius 2 is 1.50 bits per heavy atom. The SMILES string of the molecule is COc1ccc(NC(CC(O)c2ccc3ccccc3c2)c2ccc(Cl)cc2)cc1. The Morgan fingerprint density at radius 3 is 2.20 bits per heavy atom. The zero-order valence-electron chi connectivity index (χ0n) is 16.8. The second-order valence-corrected chi connectivity index (χ2v) is 7.77. The summed E-state index contributed by atoms with van der Waals surface area (Å²) in [6.07, 6.45) is -0.0903. The number of methoxy groups -OCH3 is 1. The van der Waals surface area contributed by atoms with Crippen LogP contribution in [0.3, 0.4) is 0 Å². The van der Waals surface area contributed by atoms with Gasteiger partial charge in [-0.25, -0.2) is 0 Å². The molecule has 0 saturated carbocycles. The van der Waals surface area contributed by atoms with Crippen LogP contribution in [-0.2, 0) is 0 Å². The maximum absolute atomic E-state index is 11.0. The highest BCUT2D eigenvalue weighted by molar-refractivity contribution is 6.30. The van der Waals surface area contributed by atoms with E-state index in [-0.39, 0.29) is 6.04 Å². The molecule has 0 aliphatic rings. The molecule has 0 radical (unpaired) electrons. The maximum atomic E-state index is 11.0. The Labute approximate surface area is 181 Å². The zero-order chi connectivity index (χ0) is 20.9. The number of hydrogen-bond acceptors (Lipinski definition) is 3. The highest BCUT2D eigenvalue weighted by Gasteiger charge is 2.18. The fourth-order valence-electron chi connectivity index (χ4n) is 3.64. The fourth-order valence-corrected chi connectivity index (χ4v) is 3.76. The Hall–Kier alpha value is -3.01. The van der Waals surface area contributed by atoms with Gasteiger partial charge in [0.25, 0.3) is 0 Å². The minimum absolute atomic E-state index is 0.0860.